The topological polar surface area (TPSA) is 91.2 Å². The molecule has 2 aromatic rings. The van der Waals surface area contributed by atoms with Crippen LogP contribution in [-0.2, 0) is 21.9 Å². The van der Waals surface area contributed by atoms with Gasteiger partial charge in [-0.2, -0.15) is 13.5 Å². The van der Waals surface area contributed by atoms with Crippen LogP contribution in [0, 0.1) is 6.92 Å². The number of methoxy groups -OCH3 is 1. The molecule has 2 bridgehead atoms. The summed E-state index contributed by atoms with van der Waals surface area (Å²) < 4.78 is 31.1. The van der Waals surface area contributed by atoms with Crippen LogP contribution in [-0.4, -0.2) is 56.5 Å². The van der Waals surface area contributed by atoms with Crippen LogP contribution in [0.25, 0.3) is 0 Å². The van der Waals surface area contributed by atoms with Crippen LogP contribution in [0.3, 0.4) is 0 Å². The Balaban J connectivity index is 1.52. The molecular formula is C25H31N3O4S. The van der Waals surface area contributed by atoms with Gasteiger partial charge < -0.3 is 14.7 Å². The van der Waals surface area contributed by atoms with E-state index in [9.17, 15) is 13.5 Å². The Hall–Kier alpha value is -2.42. The maximum atomic E-state index is 12.8. The maximum absolute atomic E-state index is 12.8. The van der Waals surface area contributed by atoms with E-state index in [-0.39, 0.29) is 10.9 Å². The summed E-state index contributed by atoms with van der Waals surface area (Å²) in [5.41, 5.74) is 2.69. The fourth-order valence-corrected chi connectivity index (χ4v) is 6.98. The normalized spacial score (nSPS) is 30.4. The summed E-state index contributed by atoms with van der Waals surface area (Å²) in [5.74, 6) is 0.770. The van der Waals surface area contributed by atoms with Crippen molar-refractivity contribution in [3.63, 3.8) is 0 Å². The second kappa shape index (κ2) is 7.82. The highest BCUT2D eigenvalue weighted by Crippen LogP contribution is 2.57. The van der Waals surface area contributed by atoms with Gasteiger partial charge in [-0.3, -0.25) is 0 Å². The number of hydrazone groups is 1. The van der Waals surface area contributed by atoms with Crippen LogP contribution >= 0.6 is 0 Å². The molecule has 2 fully saturated rings. The van der Waals surface area contributed by atoms with Crippen LogP contribution in [0.1, 0.15) is 42.4 Å². The first kappa shape index (κ1) is 22.4. The second-order valence-corrected chi connectivity index (χ2v) is 11.4. The van der Waals surface area contributed by atoms with Crippen LogP contribution in [0.5, 0.6) is 5.75 Å². The van der Waals surface area contributed by atoms with E-state index in [4.69, 9.17) is 4.74 Å². The predicted octanol–water partition coefficient (Wildman–Crippen LogP) is 2.75. The highest BCUT2D eigenvalue weighted by molar-refractivity contribution is 7.89. The molecular weight excluding hydrogens is 438 g/mol. The van der Waals surface area contributed by atoms with Gasteiger partial charge in [0.1, 0.15) is 5.75 Å². The van der Waals surface area contributed by atoms with Crippen LogP contribution in [0.15, 0.2) is 52.5 Å². The van der Waals surface area contributed by atoms with E-state index in [1.807, 2.05) is 13.0 Å². The summed E-state index contributed by atoms with van der Waals surface area (Å²) in [6, 6.07) is 12.9. The molecule has 0 aromatic heterocycles. The van der Waals surface area contributed by atoms with Crippen molar-refractivity contribution in [3.05, 3.63) is 59.2 Å². The van der Waals surface area contributed by atoms with Crippen molar-refractivity contribution < 1.29 is 18.3 Å². The second-order valence-electron chi connectivity index (χ2n) is 9.74. The van der Waals surface area contributed by atoms with Crippen molar-refractivity contribution in [1.29, 1.82) is 0 Å². The lowest BCUT2D eigenvalue weighted by Crippen LogP contribution is -2.72. The van der Waals surface area contributed by atoms with Gasteiger partial charge in [-0.15, -0.1) is 0 Å². The smallest absolute Gasteiger partial charge is 0.276 e. The van der Waals surface area contributed by atoms with Gasteiger partial charge >= 0.3 is 0 Å². The van der Waals surface area contributed by atoms with Gasteiger partial charge in [0.05, 0.1) is 17.6 Å². The zero-order valence-electron chi connectivity index (χ0n) is 19.3. The Labute approximate surface area is 195 Å². The van der Waals surface area contributed by atoms with E-state index in [2.05, 4.69) is 34.0 Å². The average Bonchev–Trinajstić information content (AvgIpc) is 2.80. The maximum Gasteiger partial charge on any atom is 0.276 e. The number of nitrogens with zero attached hydrogens (tertiary/aromatic N) is 2. The molecule has 176 valence electrons. The van der Waals surface area contributed by atoms with Crippen LogP contribution < -0.4 is 9.57 Å². The Morgan fingerprint density at radius 3 is 2.67 bits per heavy atom. The molecule has 1 saturated heterocycles. The Bertz CT molecular complexity index is 1210. The molecule has 2 aromatic carbocycles. The average molecular weight is 470 g/mol. The zero-order valence-corrected chi connectivity index (χ0v) is 20.2. The van der Waals surface area contributed by atoms with Crippen molar-refractivity contribution >= 4 is 15.7 Å². The van der Waals surface area contributed by atoms with E-state index in [1.165, 1.54) is 5.56 Å². The first-order valence-electron chi connectivity index (χ1n) is 11.4. The van der Waals surface area contributed by atoms with E-state index >= 15 is 0 Å². The number of nitrogens with one attached hydrogen (secondary N) is 1. The third kappa shape index (κ3) is 3.47. The van der Waals surface area contributed by atoms with E-state index in [1.54, 1.807) is 31.4 Å². The molecule has 1 heterocycles. The number of piperidine rings is 1. The Morgan fingerprint density at radius 1 is 1.18 bits per heavy atom. The van der Waals surface area contributed by atoms with Crippen molar-refractivity contribution in [3.8, 4) is 5.75 Å². The van der Waals surface area contributed by atoms with E-state index in [0.717, 1.165) is 42.0 Å². The van der Waals surface area contributed by atoms with E-state index < -0.39 is 21.0 Å². The quantitative estimate of drug-likeness (QED) is 0.672. The summed E-state index contributed by atoms with van der Waals surface area (Å²) in [7, 11) is -0.0165. The molecule has 0 unspecified atom stereocenters. The minimum atomic E-state index is -3.75. The van der Waals surface area contributed by atoms with Gasteiger partial charge in [0.25, 0.3) is 10.0 Å². The molecule has 3 atom stereocenters. The molecule has 0 spiro atoms. The molecule has 1 saturated carbocycles. The summed E-state index contributed by atoms with van der Waals surface area (Å²) >= 11 is 0. The number of benzene rings is 2. The number of aryl methyl sites for hydroxylation is 1. The number of aliphatic hydroxyl groups is 1. The minimum absolute atomic E-state index is 0.0259. The molecule has 5 rings (SSSR count). The van der Waals surface area contributed by atoms with E-state index in [0.29, 0.717) is 19.3 Å². The summed E-state index contributed by atoms with van der Waals surface area (Å²) in [6.45, 7) is 2.78. The number of hydrogen-bond acceptors (Lipinski definition) is 6. The Kier molecular flexibility index (Phi) is 5.30. The third-order valence-corrected chi connectivity index (χ3v) is 9.23. The highest BCUT2D eigenvalue weighted by atomic mass is 32.2. The lowest BCUT2D eigenvalue weighted by molar-refractivity contribution is -0.147. The predicted molar refractivity (Wildman–Crippen MR) is 127 cm³/mol. The van der Waals surface area contributed by atoms with Gasteiger partial charge in [0.15, 0.2) is 0 Å². The molecule has 2 N–H and O–H groups in total. The molecule has 2 aliphatic carbocycles. The number of hydrogen-bond donors (Lipinski definition) is 2. The van der Waals surface area contributed by atoms with Crippen molar-refractivity contribution in [2.24, 2.45) is 5.10 Å². The number of sulfonamides is 1. The van der Waals surface area contributed by atoms with Crippen LogP contribution in [0.4, 0.5) is 0 Å². The molecule has 8 heteroatoms. The first-order valence-corrected chi connectivity index (χ1v) is 12.9. The number of fused-ring (bicyclic) bond motifs is 1. The molecule has 0 radical (unpaired) electrons. The Morgan fingerprint density at radius 2 is 1.94 bits per heavy atom. The minimum Gasteiger partial charge on any atom is -0.497 e. The zero-order chi connectivity index (χ0) is 23.4. The van der Waals surface area contributed by atoms with Gasteiger partial charge in [-0.1, -0.05) is 23.8 Å². The third-order valence-electron chi connectivity index (χ3n) is 8.00. The van der Waals surface area contributed by atoms with Gasteiger partial charge in [-0.05, 0) is 81.6 Å². The molecule has 3 aliphatic rings. The number of ether oxygens (including phenoxy) is 1. The number of rotatable bonds is 4. The molecule has 7 nitrogen and oxygen atoms in total. The van der Waals surface area contributed by atoms with Gasteiger partial charge in [0, 0.05) is 23.6 Å². The first-order chi connectivity index (χ1) is 15.7. The van der Waals surface area contributed by atoms with Gasteiger partial charge in [-0.25, -0.2) is 4.83 Å². The molecule has 0 amide bonds. The summed E-state index contributed by atoms with van der Waals surface area (Å²) in [5, 5.41) is 16.5. The standard InChI is InChI=1S/C25H31N3O4S/c1-17-4-8-21(9-5-17)33(30,31)27-26-19-10-11-25(29)23-14-18-6-7-20(32-3)15-22(18)24(25,16-19)12-13-28(23)2/h4-9,15,23,27,29H,10-14,16H2,1-3H3/b26-19+/t23-,24-,25-/m1/s1. The summed E-state index contributed by atoms with van der Waals surface area (Å²) in [6.07, 6.45) is 3.19. The van der Waals surface area contributed by atoms with Gasteiger partial charge in [0.2, 0.25) is 0 Å². The number of likely N-dealkylation sites (N-methyl/N-ethyl adjacent to an activating group) is 1. The lowest BCUT2D eigenvalue weighted by atomic mass is 9.49. The largest absolute Gasteiger partial charge is 0.497 e. The van der Waals surface area contributed by atoms with Crippen molar-refractivity contribution in [2.75, 3.05) is 20.7 Å². The lowest BCUT2D eigenvalue weighted by Gasteiger charge is -2.63. The molecule has 33 heavy (non-hydrogen) atoms. The fourth-order valence-electron chi connectivity index (χ4n) is 6.13. The SMILES string of the molecule is COc1ccc2c(c1)[C@]13CCN(C)[C@H](C2)[C@]1(O)CC/C(=N\NS(=O)(=O)c1ccc(C)cc1)C3. The van der Waals surface area contributed by atoms with Crippen molar-refractivity contribution in [2.45, 2.75) is 61.0 Å². The monoisotopic (exact) mass is 469 g/mol. The van der Waals surface area contributed by atoms with Crippen molar-refractivity contribution in [1.82, 2.24) is 9.73 Å². The number of likely N-dealkylation sites (tertiary alicyclic amines) is 1. The highest BCUT2D eigenvalue weighted by Gasteiger charge is 2.63. The molecule has 1 aliphatic heterocycles. The summed E-state index contributed by atoms with van der Waals surface area (Å²) in [4.78, 5) is 4.90. The fraction of sp³-hybridized carbons (Fsp3) is 0.480. The van der Waals surface area contributed by atoms with Crippen LogP contribution in [0.2, 0.25) is 0 Å².